The molecule has 0 saturated carbocycles. The molecule has 0 bridgehead atoms. The van der Waals surface area contributed by atoms with Gasteiger partial charge < -0.3 is 15.3 Å². The second kappa shape index (κ2) is 9.14. The Balaban J connectivity index is 1.56. The van der Waals surface area contributed by atoms with E-state index in [1.165, 1.54) is 0 Å². The molecule has 0 radical (unpaired) electrons. The molecule has 7 nitrogen and oxygen atoms in total. The fraction of sp³-hybridized carbons (Fsp3) is 0.292. The Morgan fingerprint density at radius 2 is 2.03 bits per heavy atom. The molecule has 1 aromatic heterocycles. The monoisotopic (exact) mass is 418 g/mol. The number of nitrogens with zero attached hydrogens (tertiary/aromatic N) is 3. The van der Waals surface area contributed by atoms with Crippen LogP contribution in [0.1, 0.15) is 39.1 Å². The molecule has 1 saturated heterocycles. The van der Waals surface area contributed by atoms with Crippen molar-refractivity contribution in [1.82, 2.24) is 14.7 Å². The van der Waals surface area contributed by atoms with Crippen molar-refractivity contribution in [2.24, 2.45) is 5.92 Å². The lowest BCUT2D eigenvalue weighted by molar-refractivity contribution is 0.0620. The molecule has 1 atom stereocenters. The molecule has 1 unspecified atom stereocenters. The third-order valence-electron chi connectivity index (χ3n) is 5.70. The van der Waals surface area contributed by atoms with Crippen molar-refractivity contribution in [3.63, 3.8) is 0 Å². The van der Waals surface area contributed by atoms with Crippen molar-refractivity contribution in [2.75, 3.05) is 25.0 Å². The number of hydrogen-bond acceptors (Lipinski definition) is 4. The number of hydrogen-bond donors (Lipinski definition) is 2. The number of benzene rings is 2. The lowest BCUT2D eigenvalue weighted by Crippen LogP contribution is -2.41. The van der Waals surface area contributed by atoms with E-state index in [9.17, 15) is 14.7 Å². The molecule has 1 aliphatic rings. The molecule has 3 aromatic rings. The summed E-state index contributed by atoms with van der Waals surface area (Å²) < 4.78 is 1.65. The first kappa shape index (κ1) is 20.8. The lowest BCUT2D eigenvalue weighted by atomic mass is 9.98. The van der Waals surface area contributed by atoms with Gasteiger partial charge in [0.25, 0.3) is 11.8 Å². The lowest BCUT2D eigenvalue weighted by Gasteiger charge is -2.32. The van der Waals surface area contributed by atoms with Crippen LogP contribution in [0.15, 0.2) is 60.9 Å². The third-order valence-corrected chi connectivity index (χ3v) is 5.70. The van der Waals surface area contributed by atoms with Gasteiger partial charge in [0.1, 0.15) is 0 Å². The van der Waals surface area contributed by atoms with Gasteiger partial charge in [0.15, 0.2) is 0 Å². The summed E-state index contributed by atoms with van der Waals surface area (Å²) in [5.74, 6) is -0.219. The number of aryl methyl sites for hydroxylation is 1. The van der Waals surface area contributed by atoms with E-state index >= 15 is 0 Å². The minimum Gasteiger partial charge on any atom is -0.396 e. The van der Waals surface area contributed by atoms with Crippen molar-refractivity contribution >= 4 is 17.5 Å². The highest BCUT2D eigenvalue weighted by Crippen LogP contribution is 2.23. The van der Waals surface area contributed by atoms with Crippen LogP contribution < -0.4 is 5.32 Å². The zero-order valence-electron chi connectivity index (χ0n) is 17.5. The van der Waals surface area contributed by atoms with E-state index in [4.69, 9.17) is 0 Å². The van der Waals surface area contributed by atoms with Gasteiger partial charge >= 0.3 is 0 Å². The number of aromatic nitrogens is 2. The number of nitrogens with one attached hydrogen (secondary N) is 1. The molecule has 2 aromatic carbocycles. The first-order valence-corrected chi connectivity index (χ1v) is 10.5. The summed E-state index contributed by atoms with van der Waals surface area (Å²) in [5.41, 5.74) is 3.16. The average molecular weight is 418 g/mol. The minimum atomic E-state index is -0.267. The van der Waals surface area contributed by atoms with Crippen LogP contribution in [0.5, 0.6) is 0 Å². The van der Waals surface area contributed by atoms with Crippen molar-refractivity contribution in [3.05, 3.63) is 77.6 Å². The van der Waals surface area contributed by atoms with Crippen molar-refractivity contribution in [3.8, 4) is 5.69 Å². The Hall–Kier alpha value is -3.45. The van der Waals surface area contributed by atoms with Crippen LogP contribution in [0.2, 0.25) is 0 Å². The number of likely N-dealkylation sites (tertiary alicyclic amines) is 1. The summed E-state index contributed by atoms with van der Waals surface area (Å²) in [7, 11) is 0. The highest BCUT2D eigenvalue weighted by molar-refractivity contribution is 6.07. The smallest absolute Gasteiger partial charge is 0.257 e. The average Bonchev–Trinajstić information content (AvgIpc) is 3.35. The highest BCUT2D eigenvalue weighted by Gasteiger charge is 2.24. The number of anilines is 1. The van der Waals surface area contributed by atoms with E-state index in [0.717, 1.165) is 18.4 Å². The van der Waals surface area contributed by atoms with Gasteiger partial charge in [-0.05, 0) is 61.6 Å². The molecule has 31 heavy (non-hydrogen) atoms. The highest BCUT2D eigenvalue weighted by atomic mass is 16.3. The van der Waals surface area contributed by atoms with Gasteiger partial charge in [-0.1, -0.05) is 18.2 Å². The van der Waals surface area contributed by atoms with Gasteiger partial charge in [-0.3, -0.25) is 9.59 Å². The maximum absolute atomic E-state index is 13.1. The van der Waals surface area contributed by atoms with Crippen LogP contribution >= 0.6 is 0 Å². The second-order valence-corrected chi connectivity index (χ2v) is 7.89. The summed E-state index contributed by atoms with van der Waals surface area (Å²) in [6.45, 7) is 3.23. The molecule has 0 aliphatic carbocycles. The number of amides is 2. The summed E-state index contributed by atoms with van der Waals surface area (Å²) >= 11 is 0. The molecule has 2 amide bonds. The molecule has 160 valence electrons. The van der Waals surface area contributed by atoms with E-state index in [0.29, 0.717) is 35.6 Å². The molecule has 2 N–H and O–H groups in total. The van der Waals surface area contributed by atoms with Crippen molar-refractivity contribution < 1.29 is 14.7 Å². The third kappa shape index (κ3) is 4.51. The maximum atomic E-state index is 13.1. The Bertz CT molecular complexity index is 1080. The van der Waals surface area contributed by atoms with Crippen molar-refractivity contribution in [1.29, 1.82) is 0 Å². The molecule has 4 rings (SSSR count). The first-order valence-electron chi connectivity index (χ1n) is 10.5. The SMILES string of the molecule is Cc1ccc(C(=O)N2CCCC(CO)C2)cc1NC(=O)c1ccccc1-n1cccn1. The van der Waals surface area contributed by atoms with Gasteiger partial charge in [-0.2, -0.15) is 5.10 Å². The number of aliphatic hydroxyl groups excluding tert-OH is 1. The van der Waals surface area contributed by atoms with E-state index in [1.807, 2.05) is 31.2 Å². The van der Waals surface area contributed by atoms with Gasteiger partial charge in [-0.15, -0.1) is 0 Å². The second-order valence-electron chi connectivity index (χ2n) is 7.89. The van der Waals surface area contributed by atoms with Gasteiger partial charge in [-0.25, -0.2) is 4.68 Å². The Morgan fingerprint density at radius 3 is 2.81 bits per heavy atom. The van der Waals surface area contributed by atoms with E-state index in [-0.39, 0.29) is 24.3 Å². The summed E-state index contributed by atoms with van der Waals surface area (Å²) in [6.07, 6.45) is 5.27. The van der Waals surface area contributed by atoms with Crippen LogP contribution in [0.3, 0.4) is 0 Å². The predicted octanol–water partition coefficient (Wildman–Crippen LogP) is 3.28. The minimum absolute atomic E-state index is 0.0782. The Morgan fingerprint density at radius 1 is 1.19 bits per heavy atom. The fourth-order valence-electron chi connectivity index (χ4n) is 3.94. The number of piperidine rings is 1. The van der Waals surface area contributed by atoms with Crippen LogP contribution in [-0.4, -0.2) is 51.3 Å². The Labute approximate surface area is 181 Å². The summed E-state index contributed by atoms with van der Waals surface area (Å²) in [5, 5.41) is 16.6. The molecule has 0 spiro atoms. The quantitative estimate of drug-likeness (QED) is 0.666. The first-order chi connectivity index (χ1) is 15.1. The molecule has 2 heterocycles. The van der Waals surface area contributed by atoms with Crippen LogP contribution in [-0.2, 0) is 0 Å². The van der Waals surface area contributed by atoms with E-state index in [2.05, 4.69) is 10.4 Å². The summed E-state index contributed by atoms with van der Waals surface area (Å²) in [6, 6.07) is 14.4. The van der Waals surface area contributed by atoms with Gasteiger partial charge in [0, 0.05) is 43.3 Å². The molecular weight excluding hydrogens is 392 g/mol. The van der Waals surface area contributed by atoms with E-state index < -0.39 is 0 Å². The molecule has 1 fully saturated rings. The zero-order valence-corrected chi connectivity index (χ0v) is 17.5. The molecule has 7 heteroatoms. The normalized spacial score (nSPS) is 16.2. The number of aliphatic hydroxyl groups is 1. The largest absolute Gasteiger partial charge is 0.396 e. The van der Waals surface area contributed by atoms with Crippen LogP contribution in [0.25, 0.3) is 5.69 Å². The van der Waals surface area contributed by atoms with Gasteiger partial charge in [0.05, 0.1) is 11.3 Å². The predicted molar refractivity (Wildman–Crippen MR) is 118 cm³/mol. The fourth-order valence-corrected chi connectivity index (χ4v) is 3.94. The van der Waals surface area contributed by atoms with Gasteiger partial charge in [0.2, 0.25) is 0 Å². The topological polar surface area (TPSA) is 87.5 Å². The number of para-hydroxylation sites is 1. The standard InChI is InChI=1S/C24H26N4O3/c1-17-9-10-19(24(31)27-12-4-6-18(15-27)16-29)14-21(17)26-23(30)20-7-2-3-8-22(20)28-13-5-11-25-28/h2-3,5,7-11,13-14,18,29H,4,6,12,15-16H2,1H3,(H,26,30). The Kier molecular flexibility index (Phi) is 6.13. The number of rotatable bonds is 5. The van der Waals surface area contributed by atoms with Crippen LogP contribution in [0.4, 0.5) is 5.69 Å². The van der Waals surface area contributed by atoms with Crippen LogP contribution in [0, 0.1) is 12.8 Å². The number of carbonyl (C=O) groups is 2. The number of carbonyl (C=O) groups excluding carboxylic acids is 2. The zero-order chi connectivity index (χ0) is 21.8. The van der Waals surface area contributed by atoms with Crippen molar-refractivity contribution in [2.45, 2.75) is 19.8 Å². The molecule has 1 aliphatic heterocycles. The molecular formula is C24H26N4O3. The summed E-state index contributed by atoms with van der Waals surface area (Å²) in [4.78, 5) is 27.9. The van der Waals surface area contributed by atoms with E-state index in [1.54, 1.807) is 46.2 Å². The maximum Gasteiger partial charge on any atom is 0.257 e.